The van der Waals surface area contributed by atoms with Gasteiger partial charge in [-0.3, -0.25) is 9.78 Å². The number of amides is 1. The van der Waals surface area contributed by atoms with Gasteiger partial charge in [-0.1, -0.05) is 6.07 Å². The highest BCUT2D eigenvalue weighted by atomic mass is 16.5. The van der Waals surface area contributed by atoms with E-state index in [-0.39, 0.29) is 12.0 Å². The first kappa shape index (κ1) is 19.4. The minimum atomic E-state index is -0.194. The van der Waals surface area contributed by atoms with E-state index in [4.69, 9.17) is 4.74 Å². The van der Waals surface area contributed by atoms with Crippen molar-refractivity contribution in [1.82, 2.24) is 4.98 Å². The van der Waals surface area contributed by atoms with Crippen molar-refractivity contribution in [1.29, 1.82) is 0 Å². The summed E-state index contributed by atoms with van der Waals surface area (Å²) < 4.78 is 5.65. The van der Waals surface area contributed by atoms with Gasteiger partial charge >= 0.3 is 0 Å². The molecule has 0 bridgehead atoms. The third-order valence-corrected chi connectivity index (χ3v) is 4.28. The number of ether oxygens (including phenoxy) is 1. The van der Waals surface area contributed by atoms with Crippen molar-refractivity contribution < 1.29 is 9.53 Å². The van der Waals surface area contributed by atoms with Crippen LogP contribution in [-0.2, 0) is 0 Å². The minimum Gasteiger partial charge on any atom is -0.491 e. The number of anilines is 3. The number of nitrogens with one attached hydrogen (secondary N) is 2. The number of hydrogen-bond acceptors (Lipinski definition) is 4. The first-order valence-corrected chi connectivity index (χ1v) is 9.28. The molecule has 3 rings (SSSR count). The molecule has 0 saturated heterocycles. The minimum absolute atomic E-state index is 0.135. The van der Waals surface area contributed by atoms with Crippen molar-refractivity contribution >= 4 is 23.0 Å². The summed E-state index contributed by atoms with van der Waals surface area (Å²) in [6, 6.07) is 15.3. The van der Waals surface area contributed by atoms with E-state index in [1.165, 1.54) is 5.56 Å². The van der Waals surface area contributed by atoms with E-state index in [0.717, 1.165) is 28.4 Å². The van der Waals surface area contributed by atoms with Crippen molar-refractivity contribution in [2.24, 2.45) is 0 Å². The molecule has 0 radical (unpaired) electrons. The van der Waals surface area contributed by atoms with Crippen molar-refractivity contribution in [2.75, 3.05) is 10.6 Å². The molecule has 0 spiro atoms. The van der Waals surface area contributed by atoms with E-state index < -0.39 is 0 Å². The first-order chi connectivity index (χ1) is 13.4. The van der Waals surface area contributed by atoms with Crippen LogP contribution in [-0.4, -0.2) is 17.0 Å². The summed E-state index contributed by atoms with van der Waals surface area (Å²) in [5, 5.41) is 6.18. The molecule has 5 heteroatoms. The summed E-state index contributed by atoms with van der Waals surface area (Å²) in [4.78, 5) is 16.8. The molecular formula is C23H25N3O2. The summed E-state index contributed by atoms with van der Waals surface area (Å²) in [7, 11) is 0. The SMILES string of the molecule is Cc1ccc(NC(=O)c2cncc(Nc3ccc(OC(C)C)cc3)c2)cc1C. The van der Waals surface area contributed by atoms with Crippen molar-refractivity contribution in [3.63, 3.8) is 0 Å². The van der Waals surface area contributed by atoms with Gasteiger partial charge in [0.05, 0.1) is 23.6 Å². The summed E-state index contributed by atoms with van der Waals surface area (Å²) in [5.41, 5.74) is 5.22. The average molecular weight is 375 g/mol. The summed E-state index contributed by atoms with van der Waals surface area (Å²) in [5.74, 6) is 0.625. The predicted octanol–water partition coefficient (Wildman–Crippen LogP) is 5.48. The zero-order valence-corrected chi connectivity index (χ0v) is 16.6. The van der Waals surface area contributed by atoms with E-state index in [9.17, 15) is 4.79 Å². The van der Waals surface area contributed by atoms with Gasteiger partial charge in [-0.2, -0.15) is 0 Å². The second-order valence-corrected chi connectivity index (χ2v) is 7.03. The maximum absolute atomic E-state index is 12.6. The average Bonchev–Trinajstić information content (AvgIpc) is 2.66. The molecule has 28 heavy (non-hydrogen) atoms. The zero-order valence-electron chi connectivity index (χ0n) is 16.6. The third-order valence-electron chi connectivity index (χ3n) is 4.28. The fourth-order valence-electron chi connectivity index (χ4n) is 2.71. The maximum Gasteiger partial charge on any atom is 0.257 e. The normalized spacial score (nSPS) is 10.6. The summed E-state index contributed by atoms with van der Waals surface area (Å²) in [6.45, 7) is 8.05. The highest BCUT2D eigenvalue weighted by Gasteiger charge is 2.09. The van der Waals surface area contributed by atoms with Crippen LogP contribution >= 0.6 is 0 Å². The van der Waals surface area contributed by atoms with Gasteiger partial charge < -0.3 is 15.4 Å². The topological polar surface area (TPSA) is 63.2 Å². The fraction of sp³-hybridized carbons (Fsp3) is 0.217. The van der Waals surface area contributed by atoms with Gasteiger partial charge in [0.2, 0.25) is 0 Å². The van der Waals surface area contributed by atoms with Gasteiger partial charge in [-0.05, 0) is 81.3 Å². The van der Waals surface area contributed by atoms with Crippen LogP contribution in [0.15, 0.2) is 60.9 Å². The van der Waals surface area contributed by atoms with Gasteiger partial charge in [-0.25, -0.2) is 0 Å². The Morgan fingerprint density at radius 1 is 0.893 bits per heavy atom. The monoisotopic (exact) mass is 375 g/mol. The molecule has 2 N–H and O–H groups in total. The number of aryl methyl sites for hydroxylation is 2. The molecule has 1 amide bonds. The van der Waals surface area contributed by atoms with Crippen molar-refractivity contribution in [2.45, 2.75) is 33.8 Å². The molecule has 0 saturated carbocycles. The third kappa shape index (κ3) is 5.10. The lowest BCUT2D eigenvalue weighted by atomic mass is 10.1. The quantitative estimate of drug-likeness (QED) is 0.599. The van der Waals surface area contributed by atoms with E-state index in [0.29, 0.717) is 5.56 Å². The Balaban J connectivity index is 1.69. The first-order valence-electron chi connectivity index (χ1n) is 9.28. The van der Waals surface area contributed by atoms with Gasteiger partial charge in [0.25, 0.3) is 5.91 Å². The Morgan fingerprint density at radius 2 is 1.61 bits per heavy atom. The molecule has 1 aromatic heterocycles. The highest BCUT2D eigenvalue weighted by Crippen LogP contribution is 2.21. The molecular weight excluding hydrogens is 350 g/mol. The number of rotatable bonds is 6. The Bertz CT molecular complexity index is 966. The predicted molar refractivity (Wildman–Crippen MR) is 114 cm³/mol. The zero-order chi connectivity index (χ0) is 20.1. The fourth-order valence-corrected chi connectivity index (χ4v) is 2.71. The van der Waals surface area contributed by atoms with Gasteiger partial charge in [-0.15, -0.1) is 0 Å². The van der Waals surface area contributed by atoms with Crippen LogP contribution in [0.2, 0.25) is 0 Å². The molecule has 0 aliphatic heterocycles. The lowest BCUT2D eigenvalue weighted by Crippen LogP contribution is -2.12. The summed E-state index contributed by atoms with van der Waals surface area (Å²) >= 11 is 0. The van der Waals surface area contributed by atoms with E-state index >= 15 is 0 Å². The molecule has 0 unspecified atom stereocenters. The van der Waals surface area contributed by atoms with Gasteiger partial charge in [0, 0.05) is 17.6 Å². The highest BCUT2D eigenvalue weighted by molar-refractivity contribution is 6.04. The smallest absolute Gasteiger partial charge is 0.257 e. The van der Waals surface area contributed by atoms with Gasteiger partial charge in [0.1, 0.15) is 5.75 Å². The maximum atomic E-state index is 12.6. The molecule has 0 fully saturated rings. The molecule has 144 valence electrons. The van der Waals surface area contributed by atoms with Crippen LogP contribution in [0.3, 0.4) is 0 Å². The number of carbonyl (C=O) groups is 1. The van der Waals surface area contributed by atoms with Crippen LogP contribution in [0, 0.1) is 13.8 Å². The number of nitrogens with zero attached hydrogens (tertiary/aromatic N) is 1. The van der Waals surface area contributed by atoms with E-state index in [1.807, 2.05) is 70.2 Å². The number of pyridine rings is 1. The molecule has 5 nitrogen and oxygen atoms in total. The molecule has 3 aromatic rings. The van der Waals surface area contributed by atoms with Crippen LogP contribution in [0.4, 0.5) is 17.1 Å². The van der Waals surface area contributed by atoms with Crippen molar-refractivity contribution in [3.8, 4) is 5.75 Å². The van der Waals surface area contributed by atoms with E-state index in [2.05, 4.69) is 15.6 Å². The second kappa shape index (κ2) is 8.57. The van der Waals surface area contributed by atoms with Crippen LogP contribution in [0.5, 0.6) is 5.75 Å². The van der Waals surface area contributed by atoms with Crippen LogP contribution < -0.4 is 15.4 Å². The number of carbonyl (C=O) groups excluding carboxylic acids is 1. The second-order valence-electron chi connectivity index (χ2n) is 7.03. The number of aromatic nitrogens is 1. The molecule has 0 aliphatic carbocycles. The number of hydrogen-bond donors (Lipinski definition) is 2. The van der Waals surface area contributed by atoms with E-state index in [1.54, 1.807) is 18.5 Å². The molecule has 0 aliphatic rings. The number of benzene rings is 2. The Kier molecular flexibility index (Phi) is 5.94. The van der Waals surface area contributed by atoms with Crippen LogP contribution in [0.25, 0.3) is 0 Å². The Morgan fingerprint density at radius 3 is 2.29 bits per heavy atom. The van der Waals surface area contributed by atoms with Crippen LogP contribution in [0.1, 0.15) is 35.3 Å². The standard InChI is InChI=1S/C23H25N3O2/c1-15(2)28-22-9-7-19(8-10-22)25-21-12-18(13-24-14-21)23(27)26-20-6-5-16(3)17(4)11-20/h5-15,25H,1-4H3,(H,26,27). The lowest BCUT2D eigenvalue weighted by Gasteiger charge is -2.12. The Labute approximate surface area is 165 Å². The molecule has 1 heterocycles. The largest absolute Gasteiger partial charge is 0.491 e. The molecule has 2 aromatic carbocycles. The van der Waals surface area contributed by atoms with Gasteiger partial charge in [0.15, 0.2) is 0 Å². The molecule has 0 atom stereocenters. The Hall–Kier alpha value is -3.34. The lowest BCUT2D eigenvalue weighted by molar-refractivity contribution is 0.102. The summed E-state index contributed by atoms with van der Waals surface area (Å²) in [6.07, 6.45) is 3.38. The van der Waals surface area contributed by atoms with Crippen molar-refractivity contribution in [3.05, 3.63) is 77.6 Å².